The van der Waals surface area contributed by atoms with Crippen LogP contribution in [0.1, 0.15) is 28.5 Å². The average molecular weight is 349 g/mol. The lowest BCUT2D eigenvalue weighted by Crippen LogP contribution is -2.16. The number of halogens is 1. The van der Waals surface area contributed by atoms with Gasteiger partial charge in [-0.2, -0.15) is 0 Å². The summed E-state index contributed by atoms with van der Waals surface area (Å²) in [5, 5.41) is 2.90. The van der Waals surface area contributed by atoms with Crippen molar-refractivity contribution >= 4 is 33.3 Å². The molecule has 0 saturated heterocycles. The van der Waals surface area contributed by atoms with Crippen molar-refractivity contribution < 1.29 is 4.79 Å². The van der Waals surface area contributed by atoms with E-state index in [4.69, 9.17) is 5.84 Å². The number of nitrogens with zero attached hydrogens (tertiary/aromatic N) is 1. The number of aryl methyl sites for hydroxylation is 2. The Balaban J connectivity index is 2.27. The maximum atomic E-state index is 12.4. The zero-order valence-electron chi connectivity index (χ0n) is 11.9. The van der Waals surface area contributed by atoms with E-state index in [1.807, 2.05) is 32.0 Å². The molecule has 4 N–H and O–H groups in total. The standard InChI is InChI=1S/C15H17BrN4O/c1-3-12-7-10(8-14(18-12)20-17)15(21)19-13-5-4-11(16)6-9(13)2/h4-8H,3,17H2,1-2H3,(H,18,20)(H,19,21). The normalized spacial score (nSPS) is 10.3. The Hall–Kier alpha value is -1.92. The van der Waals surface area contributed by atoms with Gasteiger partial charge in [0.15, 0.2) is 0 Å². The van der Waals surface area contributed by atoms with Gasteiger partial charge in [-0.05, 0) is 49.2 Å². The summed E-state index contributed by atoms with van der Waals surface area (Å²) in [6.45, 7) is 3.92. The number of nitrogens with two attached hydrogens (primary N) is 1. The van der Waals surface area contributed by atoms with Gasteiger partial charge < -0.3 is 10.7 Å². The van der Waals surface area contributed by atoms with E-state index in [-0.39, 0.29) is 5.91 Å². The predicted molar refractivity (Wildman–Crippen MR) is 88.3 cm³/mol. The van der Waals surface area contributed by atoms with Crippen molar-refractivity contribution in [3.63, 3.8) is 0 Å². The fourth-order valence-corrected chi connectivity index (χ4v) is 2.41. The molecule has 6 heteroatoms. The summed E-state index contributed by atoms with van der Waals surface area (Å²) in [5.41, 5.74) is 5.58. The maximum absolute atomic E-state index is 12.4. The van der Waals surface area contributed by atoms with Gasteiger partial charge in [-0.25, -0.2) is 10.8 Å². The van der Waals surface area contributed by atoms with Gasteiger partial charge in [0.25, 0.3) is 5.91 Å². The molecule has 0 spiro atoms. The highest BCUT2D eigenvalue weighted by Gasteiger charge is 2.11. The van der Waals surface area contributed by atoms with E-state index in [1.165, 1.54) is 0 Å². The van der Waals surface area contributed by atoms with Crippen LogP contribution in [-0.2, 0) is 6.42 Å². The summed E-state index contributed by atoms with van der Waals surface area (Å²) in [6, 6.07) is 9.10. The number of aromatic nitrogens is 1. The molecular weight excluding hydrogens is 332 g/mol. The SMILES string of the molecule is CCc1cc(C(=O)Nc2ccc(Br)cc2C)cc(NN)n1. The molecule has 0 aliphatic heterocycles. The molecule has 5 nitrogen and oxygen atoms in total. The third kappa shape index (κ3) is 3.80. The third-order valence-corrected chi connectivity index (χ3v) is 3.58. The van der Waals surface area contributed by atoms with Crippen LogP contribution in [0.15, 0.2) is 34.8 Å². The summed E-state index contributed by atoms with van der Waals surface area (Å²) >= 11 is 3.40. The van der Waals surface area contributed by atoms with Crippen molar-refractivity contribution in [1.29, 1.82) is 0 Å². The number of benzene rings is 1. The van der Waals surface area contributed by atoms with Gasteiger partial charge in [0.05, 0.1) is 0 Å². The lowest BCUT2D eigenvalue weighted by Gasteiger charge is -2.10. The number of anilines is 2. The number of carbonyl (C=O) groups is 1. The minimum Gasteiger partial charge on any atom is -0.322 e. The van der Waals surface area contributed by atoms with E-state index in [1.54, 1.807) is 12.1 Å². The molecule has 0 radical (unpaired) electrons. The molecule has 2 rings (SSSR count). The molecule has 0 aliphatic carbocycles. The van der Waals surface area contributed by atoms with Gasteiger partial charge in [0, 0.05) is 21.4 Å². The number of nitrogens with one attached hydrogen (secondary N) is 2. The Labute approximate surface area is 132 Å². The van der Waals surface area contributed by atoms with Crippen LogP contribution in [0.25, 0.3) is 0 Å². The average Bonchev–Trinajstić information content (AvgIpc) is 2.49. The van der Waals surface area contributed by atoms with Crippen LogP contribution in [-0.4, -0.2) is 10.9 Å². The Morgan fingerprint density at radius 1 is 1.33 bits per heavy atom. The molecule has 2 aromatic rings. The quantitative estimate of drug-likeness (QED) is 0.585. The lowest BCUT2D eigenvalue weighted by atomic mass is 10.1. The largest absolute Gasteiger partial charge is 0.322 e. The Morgan fingerprint density at radius 2 is 2.10 bits per heavy atom. The van der Waals surface area contributed by atoms with E-state index in [9.17, 15) is 4.79 Å². The van der Waals surface area contributed by atoms with E-state index in [0.29, 0.717) is 11.4 Å². The summed E-state index contributed by atoms with van der Waals surface area (Å²) in [4.78, 5) is 16.6. The second kappa shape index (κ2) is 6.69. The fourth-order valence-electron chi connectivity index (χ4n) is 1.94. The third-order valence-electron chi connectivity index (χ3n) is 3.09. The monoisotopic (exact) mass is 348 g/mol. The summed E-state index contributed by atoms with van der Waals surface area (Å²) in [7, 11) is 0. The molecular formula is C15H17BrN4O. The van der Waals surface area contributed by atoms with Crippen molar-refractivity contribution in [2.24, 2.45) is 5.84 Å². The summed E-state index contributed by atoms with van der Waals surface area (Å²) < 4.78 is 0.977. The first-order valence-electron chi connectivity index (χ1n) is 6.58. The maximum Gasteiger partial charge on any atom is 0.255 e. The van der Waals surface area contributed by atoms with Gasteiger partial charge in [-0.15, -0.1) is 0 Å². The zero-order chi connectivity index (χ0) is 15.4. The molecule has 1 aromatic heterocycles. The second-order valence-electron chi connectivity index (χ2n) is 4.64. The van der Waals surface area contributed by atoms with E-state index in [2.05, 4.69) is 31.7 Å². The molecule has 1 aromatic carbocycles. The minimum atomic E-state index is -0.186. The highest BCUT2D eigenvalue weighted by atomic mass is 79.9. The van der Waals surface area contributed by atoms with Crippen LogP contribution in [0.3, 0.4) is 0 Å². The van der Waals surface area contributed by atoms with E-state index >= 15 is 0 Å². The molecule has 110 valence electrons. The first-order valence-corrected chi connectivity index (χ1v) is 7.38. The number of hydrogen-bond donors (Lipinski definition) is 3. The van der Waals surface area contributed by atoms with Crippen molar-refractivity contribution in [3.05, 3.63) is 51.6 Å². The first kappa shape index (κ1) is 15.5. The number of hydrogen-bond acceptors (Lipinski definition) is 4. The molecule has 1 amide bonds. The lowest BCUT2D eigenvalue weighted by molar-refractivity contribution is 0.102. The summed E-state index contributed by atoms with van der Waals surface area (Å²) in [6.07, 6.45) is 0.729. The van der Waals surface area contributed by atoms with Gasteiger partial charge in [-0.3, -0.25) is 4.79 Å². The van der Waals surface area contributed by atoms with Crippen LogP contribution in [0.2, 0.25) is 0 Å². The number of carbonyl (C=O) groups excluding carboxylic acids is 1. The smallest absolute Gasteiger partial charge is 0.255 e. The van der Waals surface area contributed by atoms with Crippen LogP contribution < -0.4 is 16.6 Å². The number of hydrazine groups is 1. The number of rotatable bonds is 4. The zero-order valence-corrected chi connectivity index (χ0v) is 13.5. The van der Waals surface area contributed by atoms with Crippen molar-refractivity contribution in [3.8, 4) is 0 Å². The molecule has 0 bridgehead atoms. The number of nitrogen functional groups attached to an aromatic ring is 1. The molecule has 0 saturated carbocycles. The van der Waals surface area contributed by atoms with E-state index in [0.717, 1.165) is 27.8 Å². The topological polar surface area (TPSA) is 80.0 Å². The number of amides is 1. The molecule has 21 heavy (non-hydrogen) atoms. The van der Waals surface area contributed by atoms with Gasteiger partial charge in [0.2, 0.25) is 0 Å². The molecule has 0 atom stereocenters. The number of pyridine rings is 1. The fraction of sp³-hybridized carbons (Fsp3) is 0.200. The minimum absolute atomic E-state index is 0.186. The summed E-state index contributed by atoms with van der Waals surface area (Å²) in [5.74, 6) is 5.68. The molecule has 0 fully saturated rings. The molecule has 0 aliphatic rings. The first-order chi connectivity index (χ1) is 10.0. The van der Waals surface area contributed by atoms with Gasteiger partial charge in [0.1, 0.15) is 5.82 Å². The highest BCUT2D eigenvalue weighted by molar-refractivity contribution is 9.10. The van der Waals surface area contributed by atoms with Crippen molar-refractivity contribution in [1.82, 2.24) is 4.98 Å². The predicted octanol–water partition coefficient (Wildman–Crippen LogP) is 3.25. The van der Waals surface area contributed by atoms with Crippen LogP contribution in [0, 0.1) is 6.92 Å². The van der Waals surface area contributed by atoms with Crippen molar-refractivity contribution in [2.75, 3.05) is 10.7 Å². The molecule has 0 unspecified atom stereocenters. The highest BCUT2D eigenvalue weighted by Crippen LogP contribution is 2.21. The van der Waals surface area contributed by atoms with Gasteiger partial charge >= 0.3 is 0 Å². The molecule has 1 heterocycles. The van der Waals surface area contributed by atoms with Crippen molar-refractivity contribution in [2.45, 2.75) is 20.3 Å². The van der Waals surface area contributed by atoms with Crippen LogP contribution in [0.4, 0.5) is 11.5 Å². The second-order valence-corrected chi connectivity index (χ2v) is 5.56. The van der Waals surface area contributed by atoms with Crippen LogP contribution in [0.5, 0.6) is 0 Å². The Bertz CT molecular complexity index is 650. The van der Waals surface area contributed by atoms with Gasteiger partial charge in [-0.1, -0.05) is 22.9 Å². The Kier molecular flexibility index (Phi) is 4.93. The van der Waals surface area contributed by atoms with Crippen LogP contribution >= 0.6 is 15.9 Å². The Morgan fingerprint density at radius 3 is 2.71 bits per heavy atom. The van der Waals surface area contributed by atoms with E-state index < -0.39 is 0 Å².